The lowest BCUT2D eigenvalue weighted by atomic mass is 10.0. The second kappa shape index (κ2) is 7.65. The predicted octanol–water partition coefficient (Wildman–Crippen LogP) is 1.36. The van der Waals surface area contributed by atoms with Gasteiger partial charge in [-0.15, -0.1) is 0 Å². The molecule has 0 saturated carbocycles. The molecule has 0 unspecified atom stereocenters. The number of hydrogen-bond acceptors (Lipinski definition) is 5. The number of halogens is 1. The Labute approximate surface area is 147 Å². The third-order valence-electron chi connectivity index (χ3n) is 4.58. The maximum absolute atomic E-state index is 6.07. The van der Waals surface area contributed by atoms with Crippen LogP contribution in [-0.2, 0) is 25.4 Å². The van der Waals surface area contributed by atoms with E-state index in [2.05, 4.69) is 33.4 Å². The summed E-state index contributed by atoms with van der Waals surface area (Å²) in [6.45, 7) is 6.30. The van der Waals surface area contributed by atoms with Crippen LogP contribution in [0.25, 0.3) is 0 Å². The maximum Gasteiger partial charge on any atom is 0.128 e. The summed E-state index contributed by atoms with van der Waals surface area (Å²) in [5, 5.41) is 8.42. The van der Waals surface area contributed by atoms with Crippen molar-refractivity contribution in [2.45, 2.75) is 25.6 Å². The summed E-state index contributed by atoms with van der Waals surface area (Å²) in [5.74, 6) is 0.918. The smallest absolute Gasteiger partial charge is 0.128 e. The molecule has 3 rings (SSSR count). The van der Waals surface area contributed by atoms with E-state index in [1.807, 2.05) is 29.5 Å². The molecule has 3 heterocycles. The minimum absolute atomic E-state index is 0.0821. The number of imidazole rings is 1. The number of morpholine rings is 1. The van der Waals surface area contributed by atoms with Crippen LogP contribution in [-0.4, -0.2) is 56.6 Å². The predicted molar refractivity (Wildman–Crippen MR) is 92.9 cm³/mol. The third kappa shape index (κ3) is 3.64. The first-order valence-electron chi connectivity index (χ1n) is 8.31. The minimum Gasteiger partial charge on any atom is -0.374 e. The molecule has 1 saturated heterocycles. The van der Waals surface area contributed by atoms with Crippen molar-refractivity contribution in [2.24, 2.45) is 14.1 Å². The minimum atomic E-state index is 0.0821. The molecule has 1 N–H and O–H groups in total. The van der Waals surface area contributed by atoms with Crippen molar-refractivity contribution in [2.75, 3.05) is 26.2 Å². The number of nitrogens with one attached hydrogen (secondary N) is 1. The molecule has 1 fully saturated rings. The molecule has 2 aromatic heterocycles. The molecule has 0 aromatic carbocycles. The second-order valence-electron chi connectivity index (χ2n) is 6.12. The summed E-state index contributed by atoms with van der Waals surface area (Å²) in [6, 6.07) is 0.218. The number of aryl methyl sites for hydroxylation is 1. The highest BCUT2D eigenvalue weighted by atomic mass is 35.5. The molecule has 0 radical (unpaired) electrons. The van der Waals surface area contributed by atoms with E-state index in [-0.39, 0.29) is 12.1 Å². The van der Waals surface area contributed by atoms with E-state index < -0.39 is 0 Å². The summed E-state index contributed by atoms with van der Waals surface area (Å²) in [6.07, 6.45) is 5.77. The first-order chi connectivity index (χ1) is 11.6. The van der Waals surface area contributed by atoms with Gasteiger partial charge in [-0.3, -0.25) is 9.58 Å². The zero-order valence-electron chi connectivity index (χ0n) is 14.4. The largest absolute Gasteiger partial charge is 0.374 e. The third-order valence-corrected chi connectivity index (χ3v) is 4.94. The normalized spacial score (nSPS) is 22.2. The van der Waals surface area contributed by atoms with Crippen LogP contribution in [0.5, 0.6) is 0 Å². The molecule has 1 aliphatic heterocycles. The molecule has 2 atom stereocenters. The topological polar surface area (TPSA) is 60.1 Å². The van der Waals surface area contributed by atoms with Gasteiger partial charge in [0.1, 0.15) is 11.0 Å². The SMILES string of the molecule is CCN1CCO[C@@H](CNCc2ncc(Cl)n2C)[C@@H]1c1cnn(C)c1. The Bertz CT molecular complexity index is 669. The zero-order chi connectivity index (χ0) is 17.1. The van der Waals surface area contributed by atoms with Crippen molar-refractivity contribution in [1.29, 1.82) is 0 Å². The molecule has 0 spiro atoms. The Morgan fingerprint density at radius 3 is 2.83 bits per heavy atom. The van der Waals surface area contributed by atoms with Crippen LogP contribution in [0.3, 0.4) is 0 Å². The summed E-state index contributed by atoms with van der Waals surface area (Å²) >= 11 is 6.03. The summed E-state index contributed by atoms with van der Waals surface area (Å²) in [4.78, 5) is 6.76. The van der Waals surface area contributed by atoms with E-state index in [9.17, 15) is 0 Å². The van der Waals surface area contributed by atoms with E-state index in [1.165, 1.54) is 5.56 Å². The molecule has 24 heavy (non-hydrogen) atoms. The van der Waals surface area contributed by atoms with Crippen molar-refractivity contribution in [3.05, 3.63) is 35.1 Å². The molecule has 7 nitrogen and oxygen atoms in total. The van der Waals surface area contributed by atoms with Gasteiger partial charge in [0.05, 0.1) is 37.7 Å². The molecular formula is C16H25ClN6O. The van der Waals surface area contributed by atoms with Crippen molar-refractivity contribution >= 4 is 11.6 Å². The van der Waals surface area contributed by atoms with Gasteiger partial charge >= 0.3 is 0 Å². The average Bonchev–Trinajstić information content (AvgIpc) is 3.15. The number of nitrogens with zero attached hydrogens (tertiary/aromatic N) is 5. The van der Waals surface area contributed by atoms with Crippen molar-refractivity contribution in [1.82, 2.24) is 29.5 Å². The van der Waals surface area contributed by atoms with Crippen LogP contribution in [0.1, 0.15) is 24.4 Å². The van der Waals surface area contributed by atoms with Crippen LogP contribution < -0.4 is 5.32 Å². The van der Waals surface area contributed by atoms with Crippen molar-refractivity contribution in [3.8, 4) is 0 Å². The maximum atomic E-state index is 6.07. The molecule has 0 aliphatic carbocycles. The number of hydrogen-bond donors (Lipinski definition) is 1. The molecular weight excluding hydrogens is 328 g/mol. The summed E-state index contributed by atoms with van der Waals surface area (Å²) in [7, 11) is 3.86. The Morgan fingerprint density at radius 2 is 2.21 bits per heavy atom. The second-order valence-corrected chi connectivity index (χ2v) is 6.50. The van der Waals surface area contributed by atoms with Gasteiger partial charge in [-0.2, -0.15) is 5.10 Å². The molecule has 132 valence electrons. The van der Waals surface area contributed by atoms with E-state index in [1.54, 1.807) is 6.20 Å². The highest BCUT2D eigenvalue weighted by Gasteiger charge is 2.33. The molecule has 2 aromatic rings. The highest BCUT2D eigenvalue weighted by molar-refractivity contribution is 6.29. The van der Waals surface area contributed by atoms with Gasteiger partial charge in [-0.05, 0) is 6.54 Å². The van der Waals surface area contributed by atoms with Gasteiger partial charge < -0.3 is 14.6 Å². The fourth-order valence-electron chi connectivity index (χ4n) is 3.25. The van der Waals surface area contributed by atoms with Gasteiger partial charge in [-0.25, -0.2) is 4.98 Å². The van der Waals surface area contributed by atoms with Crippen LogP contribution in [0.2, 0.25) is 5.15 Å². The fourth-order valence-corrected chi connectivity index (χ4v) is 3.39. The van der Waals surface area contributed by atoms with E-state index >= 15 is 0 Å². The van der Waals surface area contributed by atoms with Crippen molar-refractivity contribution < 1.29 is 4.74 Å². The van der Waals surface area contributed by atoms with Gasteiger partial charge in [0, 0.05) is 38.9 Å². The number of ether oxygens (including phenoxy) is 1. The average molecular weight is 353 g/mol. The molecule has 1 aliphatic rings. The zero-order valence-corrected chi connectivity index (χ0v) is 15.2. The Hall–Kier alpha value is -1.41. The number of aromatic nitrogens is 4. The Balaban J connectivity index is 1.66. The number of likely N-dealkylation sites (N-methyl/N-ethyl adjacent to an activating group) is 1. The first-order valence-corrected chi connectivity index (χ1v) is 8.69. The molecule has 0 bridgehead atoms. The first kappa shape index (κ1) is 17.4. The van der Waals surface area contributed by atoms with Crippen LogP contribution in [0.4, 0.5) is 0 Å². The van der Waals surface area contributed by atoms with Crippen molar-refractivity contribution in [3.63, 3.8) is 0 Å². The van der Waals surface area contributed by atoms with Crippen LogP contribution >= 0.6 is 11.6 Å². The lowest BCUT2D eigenvalue weighted by molar-refractivity contribution is -0.0695. The molecule has 0 amide bonds. The summed E-state index contributed by atoms with van der Waals surface area (Å²) in [5.41, 5.74) is 1.20. The van der Waals surface area contributed by atoms with Crippen LogP contribution in [0.15, 0.2) is 18.6 Å². The summed E-state index contributed by atoms with van der Waals surface area (Å²) < 4.78 is 9.79. The Kier molecular flexibility index (Phi) is 5.55. The quantitative estimate of drug-likeness (QED) is 0.850. The van der Waals surface area contributed by atoms with E-state index in [0.717, 1.165) is 32.1 Å². The molecule has 8 heteroatoms. The van der Waals surface area contributed by atoms with E-state index in [4.69, 9.17) is 16.3 Å². The van der Waals surface area contributed by atoms with E-state index in [0.29, 0.717) is 11.7 Å². The van der Waals surface area contributed by atoms with Gasteiger partial charge in [-0.1, -0.05) is 18.5 Å². The van der Waals surface area contributed by atoms with Gasteiger partial charge in [0.15, 0.2) is 0 Å². The monoisotopic (exact) mass is 352 g/mol. The fraction of sp³-hybridized carbons (Fsp3) is 0.625. The number of rotatable bonds is 6. The van der Waals surface area contributed by atoms with Crippen LogP contribution in [0, 0.1) is 0 Å². The standard InChI is InChI=1S/C16H25ClN6O/c1-4-23-5-6-24-13(16(23)12-7-20-21(2)11-12)8-18-10-15-19-9-14(17)22(15)3/h7,9,11,13,16,18H,4-6,8,10H2,1-3H3/t13-,16-/m0/s1. The van der Waals surface area contributed by atoms with Gasteiger partial charge in [0.2, 0.25) is 0 Å². The Morgan fingerprint density at radius 1 is 1.38 bits per heavy atom. The lowest BCUT2D eigenvalue weighted by Gasteiger charge is -2.40. The van der Waals surface area contributed by atoms with Gasteiger partial charge in [0.25, 0.3) is 0 Å². The lowest BCUT2D eigenvalue weighted by Crippen LogP contribution is -2.48. The highest BCUT2D eigenvalue weighted by Crippen LogP contribution is 2.28.